The molecule has 3 N–H and O–H groups in total. The summed E-state index contributed by atoms with van der Waals surface area (Å²) in [6.07, 6.45) is 1.86. The van der Waals surface area contributed by atoms with E-state index in [1.165, 1.54) is 12.1 Å². The summed E-state index contributed by atoms with van der Waals surface area (Å²) >= 11 is 0. The molecule has 0 spiro atoms. The van der Waals surface area contributed by atoms with Gasteiger partial charge in [0.25, 0.3) is 0 Å². The number of hydrogen-bond donors (Lipinski definition) is 2. The van der Waals surface area contributed by atoms with Crippen LogP contribution in [0.25, 0.3) is 0 Å². The van der Waals surface area contributed by atoms with Crippen LogP contribution in [-0.2, 0) is 4.79 Å². The van der Waals surface area contributed by atoms with Gasteiger partial charge in [0.2, 0.25) is 5.91 Å². The Morgan fingerprint density at radius 3 is 2.82 bits per heavy atom. The summed E-state index contributed by atoms with van der Waals surface area (Å²) in [5.41, 5.74) is 5.66. The molecule has 5 heteroatoms. The molecular weight excluding hydrogens is 221 g/mol. The molecule has 0 saturated carbocycles. The third-order valence-electron chi connectivity index (χ3n) is 2.27. The van der Waals surface area contributed by atoms with Crippen molar-refractivity contribution < 1.29 is 9.18 Å². The van der Waals surface area contributed by atoms with Gasteiger partial charge in [-0.2, -0.15) is 5.26 Å². The predicted molar refractivity (Wildman–Crippen MR) is 62.7 cm³/mol. The highest BCUT2D eigenvalue weighted by molar-refractivity contribution is 5.73. The summed E-state index contributed by atoms with van der Waals surface area (Å²) in [7, 11) is 0. The first-order valence-electron chi connectivity index (χ1n) is 5.35. The Morgan fingerprint density at radius 2 is 2.24 bits per heavy atom. The molecule has 0 aliphatic rings. The fourth-order valence-corrected chi connectivity index (χ4v) is 1.37. The summed E-state index contributed by atoms with van der Waals surface area (Å²) in [6, 6.07) is 6.12. The fourth-order valence-electron chi connectivity index (χ4n) is 1.37. The second-order valence-corrected chi connectivity index (χ2v) is 3.66. The van der Waals surface area contributed by atoms with E-state index in [2.05, 4.69) is 5.32 Å². The van der Waals surface area contributed by atoms with E-state index >= 15 is 0 Å². The van der Waals surface area contributed by atoms with E-state index in [-0.39, 0.29) is 11.5 Å². The Bertz CT molecular complexity index is 440. The average Bonchev–Trinajstić information content (AvgIpc) is 2.28. The average molecular weight is 235 g/mol. The lowest BCUT2D eigenvalue weighted by atomic mass is 10.2. The number of carbonyl (C=O) groups is 1. The summed E-state index contributed by atoms with van der Waals surface area (Å²) in [4.78, 5) is 10.5. The van der Waals surface area contributed by atoms with Crippen molar-refractivity contribution in [3.8, 4) is 6.07 Å². The van der Waals surface area contributed by atoms with E-state index in [9.17, 15) is 9.18 Å². The van der Waals surface area contributed by atoms with Gasteiger partial charge < -0.3 is 11.1 Å². The van der Waals surface area contributed by atoms with E-state index < -0.39 is 5.82 Å². The van der Waals surface area contributed by atoms with Gasteiger partial charge in [-0.1, -0.05) is 0 Å². The van der Waals surface area contributed by atoms with Gasteiger partial charge in [-0.15, -0.1) is 0 Å². The Kier molecular flexibility index (Phi) is 4.95. The number of nitrogens with two attached hydrogens (primary N) is 1. The molecule has 0 atom stereocenters. The van der Waals surface area contributed by atoms with Gasteiger partial charge >= 0.3 is 0 Å². The zero-order chi connectivity index (χ0) is 12.7. The number of nitriles is 1. The first-order chi connectivity index (χ1) is 8.13. The summed E-state index contributed by atoms with van der Waals surface area (Å²) < 4.78 is 13.2. The van der Waals surface area contributed by atoms with Crippen molar-refractivity contribution in [2.75, 3.05) is 11.9 Å². The fraction of sp³-hybridized carbons (Fsp3) is 0.333. The zero-order valence-electron chi connectivity index (χ0n) is 9.37. The first-order valence-corrected chi connectivity index (χ1v) is 5.35. The number of nitrogens with zero attached hydrogens (tertiary/aromatic N) is 1. The van der Waals surface area contributed by atoms with E-state index in [1.807, 2.05) is 0 Å². The van der Waals surface area contributed by atoms with Gasteiger partial charge in [0.1, 0.15) is 11.9 Å². The SMILES string of the molecule is N#Cc1ccc(NCCCCC(N)=O)cc1F. The Balaban J connectivity index is 2.35. The second kappa shape index (κ2) is 6.48. The molecule has 90 valence electrons. The summed E-state index contributed by atoms with van der Waals surface area (Å²) in [6.45, 7) is 0.638. The molecular formula is C12H14FN3O. The molecule has 0 bridgehead atoms. The number of halogens is 1. The summed E-state index contributed by atoms with van der Waals surface area (Å²) in [5, 5.41) is 11.6. The predicted octanol–water partition coefficient (Wildman–Crippen LogP) is 1.76. The lowest BCUT2D eigenvalue weighted by molar-refractivity contribution is -0.118. The summed E-state index contributed by atoms with van der Waals surface area (Å²) in [5.74, 6) is -0.843. The van der Waals surface area contributed by atoms with Crippen LogP contribution in [0.3, 0.4) is 0 Å². The standard InChI is InChI=1S/C12H14FN3O/c13-11-7-10(5-4-9(11)8-14)16-6-2-1-3-12(15)17/h4-5,7,16H,1-3,6H2,(H2,15,17). The number of amides is 1. The molecule has 0 aromatic heterocycles. The maximum Gasteiger partial charge on any atom is 0.217 e. The normalized spacial score (nSPS) is 9.65. The Labute approximate surface area is 99.2 Å². The van der Waals surface area contributed by atoms with E-state index in [1.54, 1.807) is 12.1 Å². The topological polar surface area (TPSA) is 78.9 Å². The van der Waals surface area contributed by atoms with Crippen LogP contribution >= 0.6 is 0 Å². The van der Waals surface area contributed by atoms with Gasteiger partial charge in [0.15, 0.2) is 0 Å². The monoisotopic (exact) mass is 235 g/mol. The van der Waals surface area contributed by atoms with Gasteiger partial charge in [-0.05, 0) is 31.0 Å². The molecule has 1 aromatic rings. The smallest absolute Gasteiger partial charge is 0.217 e. The minimum Gasteiger partial charge on any atom is -0.385 e. The lowest BCUT2D eigenvalue weighted by Gasteiger charge is -2.06. The van der Waals surface area contributed by atoms with Crippen molar-refractivity contribution >= 4 is 11.6 Å². The lowest BCUT2D eigenvalue weighted by Crippen LogP contribution is -2.10. The quantitative estimate of drug-likeness (QED) is 0.737. The molecule has 0 aliphatic heterocycles. The number of benzene rings is 1. The number of anilines is 1. The van der Waals surface area contributed by atoms with Crippen molar-refractivity contribution in [2.24, 2.45) is 5.73 Å². The minimum atomic E-state index is -0.533. The van der Waals surface area contributed by atoms with Crippen LogP contribution in [0.15, 0.2) is 18.2 Å². The van der Waals surface area contributed by atoms with Crippen molar-refractivity contribution in [2.45, 2.75) is 19.3 Å². The second-order valence-electron chi connectivity index (χ2n) is 3.66. The molecule has 17 heavy (non-hydrogen) atoms. The van der Waals surface area contributed by atoms with Crippen molar-refractivity contribution in [1.82, 2.24) is 0 Å². The minimum absolute atomic E-state index is 0.0317. The molecule has 0 unspecified atom stereocenters. The third kappa shape index (κ3) is 4.51. The number of hydrogen-bond acceptors (Lipinski definition) is 3. The molecule has 1 aromatic carbocycles. The number of rotatable bonds is 6. The van der Waals surface area contributed by atoms with Crippen molar-refractivity contribution in [3.63, 3.8) is 0 Å². The molecule has 0 radical (unpaired) electrons. The highest BCUT2D eigenvalue weighted by atomic mass is 19.1. The van der Waals surface area contributed by atoms with Crippen LogP contribution in [0.4, 0.5) is 10.1 Å². The van der Waals surface area contributed by atoms with E-state index in [0.717, 1.165) is 6.42 Å². The highest BCUT2D eigenvalue weighted by Crippen LogP contribution is 2.13. The van der Waals surface area contributed by atoms with E-state index in [4.69, 9.17) is 11.0 Å². The van der Waals surface area contributed by atoms with Gasteiger partial charge in [-0.25, -0.2) is 4.39 Å². The molecule has 4 nitrogen and oxygen atoms in total. The molecule has 1 amide bonds. The molecule has 0 heterocycles. The van der Waals surface area contributed by atoms with Crippen LogP contribution in [0.2, 0.25) is 0 Å². The Hall–Kier alpha value is -2.09. The molecule has 1 rings (SSSR count). The molecule has 0 saturated heterocycles. The Morgan fingerprint density at radius 1 is 1.47 bits per heavy atom. The number of unbranched alkanes of at least 4 members (excludes halogenated alkanes) is 1. The van der Waals surface area contributed by atoms with Crippen LogP contribution in [0, 0.1) is 17.1 Å². The van der Waals surface area contributed by atoms with Crippen molar-refractivity contribution in [3.05, 3.63) is 29.6 Å². The van der Waals surface area contributed by atoms with Crippen molar-refractivity contribution in [1.29, 1.82) is 5.26 Å². The number of nitrogens with one attached hydrogen (secondary N) is 1. The first kappa shape index (κ1) is 13.0. The maximum absolute atomic E-state index is 13.2. The van der Waals surface area contributed by atoms with Gasteiger partial charge in [0, 0.05) is 18.7 Å². The third-order valence-corrected chi connectivity index (χ3v) is 2.27. The highest BCUT2D eigenvalue weighted by Gasteiger charge is 2.02. The number of primary amides is 1. The van der Waals surface area contributed by atoms with Crippen LogP contribution in [-0.4, -0.2) is 12.5 Å². The van der Waals surface area contributed by atoms with Gasteiger partial charge in [-0.3, -0.25) is 4.79 Å². The van der Waals surface area contributed by atoms with Crippen LogP contribution in [0.1, 0.15) is 24.8 Å². The van der Waals surface area contributed by atoms with Crippen LogP contribution in [0.5, 0.6) is 0 Å². The van der Waals surface area contributed by atoms with Gasteiger partial charge in [0.05, 0.1) is 5.56 Å². The zero-order valence-corrected chi connectivity index (χ0v) is 9.37. The van der Waals surface area contributed by atoms with Crippen LogP contribution < -0.4 is 11.1 Å². The molecule has 0 aliphatic carbocycles. The molecule has 0 fully saturated rings. The number of carbonyl (C=O) groups excluding carboxylic acids is 1. The largest absolute Gasteiger partial charge is 0.385 e. The van der Waals surface area contributed by atoms with E-state index in [0.29, 0.717) is 25.1 Å². The maximum atomic E-state index is 13.2.